The molecule has 0 unspecified atom stereocenters. The van der Waals surface area contributed by atoms with E-state index in [0.29, 0.717) is 0 Å². The Balaban J connectivity index is 0.00000169. The second-order valence-corrected chi connectivity index (χ2v) is 2.39. The largest absolute Gasteiger partial charge is 0.398 e. The summed E-state index contributed by atoms with van der Waals surface area (Å²) >= 11 is 0. The molecule has 0 aromatic heterocycles. The van der Waals surface area contributed by atoms with Gasteiger partial charge in [0.15, 0.2) is 0 Å². The van der Waals surface area contributed by atoms with Gasteiger partial charge in [-0.15, -0.1) is 12.4 Å². The molecule has 0 bridgehead atoms. The zero-order valence-corrected chi connectivity index (χ0v) is 7.78. The smallest absolute Gasteiger partial charge is 0.270 e. The van der Waals surface area contributed by atoms with Crippen molar-refractivity contribution in [3.63, 3.8) is 0 Å². The molecule has 76 valence electrons. The fourth-order valence-electron chi connectivity index (χ4n) is 0.871. The Morgan fingerprint density at radius 2 is 2.00 bits per heavy atom. The van der Waals surface area contributed by atoms with Crippen LogP contribution in [0.2, 0.25) is 0 Å². The van der Waals surface area contributed by atoms with Gasteiger partial charge in [0.1, 0.15) is 0 Å². The monoisotopic (exact) mass is 217 g/mol. The minimum Gasteiger partial charge on any atom is -0.398 e. The quantitative estimate of drug-likeness (QED) is 0.431. The summed E-state index contributed by atoms with van der Waals surface area (Å²) in [7, 11) is 0. The van der Waals surface area contributed by atoms with Crippen LogP contribution in [-0.4, -0.2) is 10.8 Å². The molecule has 0 saturated carbocycles. The zero-order chi connectivity index (χ0) is 10.0. The minimum atomic E-state index is -0.777. The molecule has 0 radical (unpaired) electrons. The fourth-order valence-corrected chi connectivity index (χ4v) is 0.871. The number of nitrogen functional groups attached to an aromatic ring is 1. The number of nitrogens with zero attached hydrogens (tertiary/aromatic N) is 1. The van der Waals surface area contributed by atoms with Crippen LogP contribution >= 0.6 is 12.4 Å². The number of halogens is 1. The van der Waals surface area contributed by atoms with Gasteiger partial charge in [-0.2, -0.15) is 0 Å². The molecule has 4 N–H and O–H groups in total. The Morgan fingerprint density at radius 1 is 1.43 bits per heavy atom. The van der Waals surface area contributed by atoms with Crippen LogP contribution in [0.25, 0.3) is 0 Å². The summed E-state index contributed by atoms with van der Waals surface area (Å²) in [6.45, 7) is 0. The van der Waals surface area contributed by atoms with Crippen molar-refractivity contribution in [3.8, 4) is 0 Å². The van der Waals surface area contributed by atoms with Gasteiger partial charge in [0.2, 0.25) is 0 Å². The van der Waals surface area contributed by atoms with E-state index in [0.717, 1.165) is 6.07 Å². The van der Waals surface area contributed by atoms with E-state index in [9.17, 15) is 14.9 Å². The van der Waals surface area contributed by atoms with E-state index in [-0.39, 0.29) is 29.3 Å². The predicted molar refractivity (Wildman–Crippen MR) is 53.3 cm³/mol. The van der Waals surface area contributed by atoms with Crippen molar-refractivity contribution < 1.29 is 9.72 Å². The van der Waals surface area contributed by atoms with Gasteiger partial charge in [-0.1, -0.05) is 0 Å². The summed E-state index contributed by atoms with van der Waals surface area (Å²) in [5, 5.41) is 10.3. The van der Waals surface area contributed by atoms with E-state index in [2.05, 4.69) is 0 Å². The molecule has 1 rings (SSSR count). The summed E-state index contributed by atoms with van der Waals surface area (Å²) in [5.41, 5.74) is 10.2. The molecule has 0 atom stereocenters. The van der Waals surface area contributed by atoms with Gasteiger partial charge in [0.05, 0.1) is 10.5 Å². The second kappa shape index (κ2) is 4.43. The van der Waals surface area contributed by atoms with Crippen molar-refractivity contribution in [1.82, 2.24) is 0 Å². The highest BCUT2D eigenvalue weighted by Crippen LogP contribution is 2.18. The van der Waals surface area contributed by atoms with Crippen LogP contribution in [-0.2, 0) is 0 Å². The number of primary amides is 1. The van der Waals surface area contributed by atoms with E-state index < -0.39 is 10.8 Å². The van der Waals surface area contributed by atoms with Gasteiger partial charge in [-0.3, -0.25) is 14.9 Å². The second-order valence-electron chi connectivity index (χ2n) is 2.39. The predicted octanol–water partition coefficient (Wildman–Crippen LogP) is 0.698. The molecular weight excluding hydrogens is 210 g/mol. The molecule has 0 fully saturated rings. The molecule has 0 spiro atoms. The first-order valence-electron chi connectivity index (χ1n) is 3.36. The van der Waals surface area contributed by atoms with E-state index >= 15 is 0 Å². The molecular formula is C7H8ClN3O3. The van der Waals surface area contributed by atoms with E-state index in [4.69, 9.17) is 11.5 Å². The maximum Gasteiger partial charge on any atom is 0.270 e. The highest BCUT2D eigenvalue weighted by Gasteiger charge is 2.12. The van der Waals surface area contributed by atoms with Gasteiger partial charge in [0.25, 0.3) is 11.6 Å². The number of anilines is 1. The van der Waals surface area contributed by atoms with Crippen molar-refractivity contribution in [2.75, 3.05) is 5.73 Å². The maximum absolute atomic E-state index is 10.7. The number of hydrogen-bond donors (Lipinski definition) is 2. The highest BCUT2D eigenvalue weighted by molar-refractivity contribution is 5.98. The Kier molecular flexibility index (Phi) is 3.85. The first-order valence-corrected chi connectivity index (χ1v) is 3.36. The third-order valence-electron chi connectivity index (χ3n) is 1.51. The molecule has 0 heterocycles. The van der Waals surface area contributed by atoms with Crippen LogP contribution in [0.4, 0.5) is 11.4 Å². The molecule has 0 aliphatic carbocycles. The van der Waals surface area contributed by atoms with Gasteiger partial charge in [-0.25, -0.2) is 0 Å². The van der Waals surface area contributed by atoms with Crippen molar-refractivity contribution in [3.05, 3.63) is 33.9 Å². The van der Waals surface area contributed by atoms with Crippen LogP contribution in [0.1, 0.15) is 10.4 Å². The van der Waals surface area contributed by atoms with Gasteiger partial charge < -0.3 is 11.5 Å². The van der Waals surface area contributed by atoms with Gasteiger partial charge in [-0.05, 0) is 6.07 Å². The number of rotatable bonds is 2. The lowest BCUT2D eigenvalue weighted by Crippen LogP contribution is -2.13. The normalized spacial score (nSPS) is 8.86. The summed E-state index contributed by atoms with van der Waals surface area (Å²) < 4.78 is 0. The van der Waals surface area contributed by atoms with Crippen LogP contribution in [0, 0.1) is 10.1 Å². The first kappa shape index (κ1) is 12.2. The summed E-state index contributed by atoms with van der Waals surface area (Å²) in [5.74, 6) is -0.777. The molecule has 0 aliphatic heterocycles. The summed E-state index contributed by atoms with van der Waals surface area (Å²) in [4.78, 5) is 20.4. The number of amides is 1. The number of non-ortho nitro benzene ring substituents is 1. The standard InChI is InChI=1S/C7H7N3O3.ClH/c8-6-2-1-4(10(12)13)3-5(6)7(9)11;/h1-3H,8H2,(H2,9,11);1H. The number of nitro benzene ring substituents is 1. The highest BCUT2D eigenvalue weighted by atomic mass is 35.5. The average molecular weight is 218 g/mol. The average Bonchev–Trinajstić information content (AvgIpc) is 2.04. The Hall–Kier alpha value is -1.82. The topological polar surface area (TPSA) is 112 Å². The molecule has 1 amide bonds. The van der Waals surface area contributed by atoms with E-state index in [1.165, 1.54) is 12.1 Å². The number of carbonyl (C=O) groups is 1. The van der Waals surface area contributed by atoms with Crippen molar-refractivity contribution in [1.29, 1.82) is 0 Å². The molecule has 14 heavy (non-hydrogen) atoms. The van der Waals surface area contributed by atoms with E-state index in [1.54, 1.807) is 0 Å². The summed E-state index contributed by atoms with van der Waals surface area (Å²) in [6, 6.07) is 3.54. The SMILES string of the molecule is Cl.NC(=O)c1cc([N+](=O)[O-])ccc1N. The third-order valence-corrected chi connectivity index (χ3v) is 1.51. The fraction of sp³-hybridized carbons (Fsp3) is 0. The van der Waals surface area contributed by atoms with Crippen molar-refractivity contribution in [2.45, 2.75) is 0 Å². The lowest BCUT2D eigenvalue weighted by atomic mass is 10.1. The lowest BCUT2D eigenvalue weighted by molar-refractivity contribution is -0.384. The molecule has 1 aromatic carbocycles. The van der Waals surface area contributed by atoms with Gasteiger partial charge >= 0.3 is 0 Å². The van der Waals surface area contributed by atoms with Gasteiger partial charge in [0, 0.05) is 17.8 Å². The van der Waals surface area contributed by atoms with Crippen LogP contribution in [0.15, 0.2) is 18.2 Å². The summed E-state index contributed by atoms with van der Waals surface area (Å²) in [6.07, 6.45) is 0. The Labute approximate surface area is 85.4 Å². The minimum absolute atomic E-state index is 0. The third kappa shape index (κ3) is 2.33. The number of carbonyl (C=O) groups excluding carboxylic acids is 1. The molecule has 7 heteroatoms. The molecule has 0 aliphatic rings. The lowest BCUT2D eigenvalue weighted by Gasteiger charge is -1.99. The van der Waals surface area contributed by atoms with Crippen LogP contribution < -0.4 is 11.5 Å². The van der Waals surface area contributed by atoms with Crippen LogP contribution in [0.3, 0.4) is 0 Å². The zero-order valence-electron chi connectivity index (χ0n) is 6.97. The molecule has 6 nitrogen and oxygen atoms in total. The number of nitro groups is 1. The molecule has 1 aromatic rings. The molecule has 0 saturated heterocycles. The number of nitrogens with two attached hydrogens (primary N) is 2. The van der Waals surface area contributed by atoms with E-state index in [1.807, 2.05) is 0 Å². The van der Waals surface area contributed by atoms with Crippen molar-refractivity contribution >= 4 is 29.7 Å². The number of benzene rings is 1. The first-order chi connectivity index (χ1) is 6.02. The Morgan fingerprint density at radius 3 is 2.43 bits per heavy atom. The number of hydrogen-bond acceptors (Lipinski definition) is 4. The van der Waals surface area contributed by atoms with Crippen LogP contribution in [0.5, 0.6) is 0 Å². The van der Waals surface area contributed by atoms with Crippen molar-refractivity contribution in [2.24, 2.45) is 5.73 Å². The maximum atomic E-state index is 10.7. The Bertz CT molecular complexity index is 380.